The SMILES string of the molecule is C=S(C)C.CC(C)=O.CN(C)OS(=O)N(C)C.COC(=O)N(C)C. The molecule has 0 heterocycles. The topological polar surface area (TPSA) is 79.4 Å². The van der Waals surface area contributed by atoms with Gasteiger partial charge in [0.25, 0.3) is 11.3 Å². The highest BCUT2D eigenvalue weighted by Gasteiger charge is 2.02. The quantitative estimate of drug-likeness (QED) is 0.537. The van der Waals surface area contributed by atoms with Gasteiger partial charge in [0.1, 0.15) is 5.78 Å². The average molecular weight is 390 g/mol. The van der Waals surface area contributed by atoms with Gasteiger partial charge in [-0.2, -0.15) is 19.8 Å². The molecule has 10 heteroatoms. The van der Waals surface area contributed by atoms with Gasteiger partial charge in [-0.1, -0.05) is 5.87 Å². The number of Topliss-reactive ketones (excluding diaryl/α,β-unsaturated/α-hetero) is 1. The number of nitrogens with zero attached hydrogens (tertiary/aromatic N) is 3. The third-order valence-electron chi connectivity index (χ3n) is 1.05. The van der Waals surface area contributed by atoms with Gasteiger partial charge in [0, 0.05) is 42.3 Å². The highest BCUT2D eigenvalue weighted by atomic mass is 32.2. The molecule has 0 bridgehead atoms. The smallest absolute Gasteiger partial charge is 0.408 e. The molecule has 0 aliphatic heterocycles. The predicted octanol–water partition coefficient (Wildman–Crippen LogP) is 1.48. The second-order valence-corrected chi connectivity index (χ2v) is 8.46. The van der Waals surface area contributed by atoms with E-state index in [0.29, 0.717) is 10.5 Å². The van der Waals surface area contributed by atoms with Gasteiger partial charge in [-0.3, -0.25) is 0 Å². The lowest BCUT2D eigenvalue weighted by atomic mass is 10.6. The van der Waals surface area contributed by atoms with Crippen molar-refractivity contribution in [2.75, 3.05) is 61.9 Å². The Balaban J connectivity index is -0.000000119. The highest BCUT2D eigenvalue weighted by Crippen LogP contribution is 1.89. The number of ketones is 1. The van der Waals surface area contributed by atoms with Crippen LogP contribution in [0.15, 0.2) is 0 Å². The van der Waals surface area contributed by atoms with Gasteiger partial charge in [-0.25, -0.2) is 13.3 Å². The first-order chi connectivity index (χ1) is 10.7. The summed E-state index contributed by atoms with van der Waals surface area (Å²) in [7, 11) is 11.7. The van der Waals surface area contributed by atoms with Crippen molar-refractivity contribution in [1.29, 1.82) is 0 Å². The van der Waals surface area contributed by atoms with Crippen LogP contribution in [0.1, 0.15) is 13.8 Å². The van der Waals surface area contributed by atoms with Crippen LogP contribution >= 0.6 is 10.5 Å². The molecule has 0 spiro atoms. The van der Waals surface area contributed by atoms with E-state index in [0.717, 1.165) is 0 Å². The number of methoxy groups -OCH3 is 1. The summed E-state index contributed by atoms with van der Waals surface area (Å²) < 4.78 is 21.2. The van der Waals surface area contributed by atoms with Gasteiger partial charge < -0.3 is 14.4 Å². The van der Waals surface area contributed by atoms with Crippen molar-refractivity contribution in [1.82, 2.24) is 14.3 Å². The molecule has 1 amide bonds. The third kappa shape index (κ3) is 49.6. The fourth-order valence-electron chi connectivity index (χ4n) is 0.377. The summed E-state index contributed by atoms with van der Waals surface area (Å²) >= 11 is -1.34. The van der Waals surface area contributed by atoms with Crippen LogP contribution in [0.2, 0.25) is 0 Å². The molecular weight excluding hydrogens is 354 g/mol. The van der Waals surface area contributed by atoms with Crippen molar-refractivity contribution in [2.45, 2.75) is 13.8 Å². The number of amides is 1. The fraction of sp³-hybridized carbons (Fsp3) is 0.786. The summed E-state index contributed by atoms with van der Waals surface area (Å²) in [5.41, 5.74) is 0. The molecule has 0 aliphatic rings. The molecular formula is C14H35N3O5S2. The Morgan fingerprint density at radius 2 is 1.25 bits per heavy atom. The van der Waals surface area contributed by atoms with Crippen molar-refractivity contribution in [3.63, 3.8) is 0 Å². The Morgan fingerprint density at radius 1 is 0.958 bits per heavy atom. The van der Waals surface area contributed by atoms with Crippen LogP contribution in [0.3, 0.4) is 0 Å². The van der Waals surface area contributed by atoms with E-state index in [9.17, 15) is 13.8 Å². The second-order valence-electron chi connectivity index (χ2n) is 5.17. The lowest BCUT2D eigenvalue weighted by Crippen LogP contribution is -2.24. The van der Waals surface area contributed by atoms with Crippen LogP contribution in [0.25, 0.3) is 0 Å². The lowest BCUT2D eigenvalue weighted by molar-refractivity contribution is -0.115. The van der Waals surface area contributed by atoms with Crippen LogP contribution in [0.5, 0.6) is 0 Å². The van der Waals surface area contributed by atoms with E-state index in [-0.39, 0.29) is 11.9 Å². The van der Waals surface area contributed by atoms with Crippen molar-refractivity contribution < 1.29 is 22.8 Å². The molecule has 0 radical (unpaired) electrons. The van der Waals surface area contributed by atoms with Gasteiger partial charge in [0.2, 0.25) is 0 Å². The van der Waals surface area contributed by atoms with Crippen LogP contribution in [-0.2, 0) is 25.1 Å². The molecule has 0 saturated heterocycles. The minimum absolute atomic E-state index is 0.167. The first kappa shape index (κ1) is 31.0. The zero-order valence-corrected chi connectivity index (χ0v) is 18.5. The molecule has 8 nitrogen and oxygen atoms in total. The molecule has 1 unspecified atom stereocenters. The van der Waals surface area contributed by atoms with Crippen LogP contribution < -0.4 is 0 Å². The monoisotopic (exact) mass is 389 g/mol. The molecule has 0 N–H and O–H groups in total. The third-order valence-corrected chi connectivity index (χ3v) is 2.07. The summed E-state index contributed by atoms with van der Waals surface area (Å²) in [6.45, 7) is 3.06. The van der Waals surface area contributed by atoms with Crippen molar-refractivity contribution in [2.24, 2.45) is 0 Å². The first-order valence-electron chi connectivity index (χ1n) is 6.73. The molecule has 0 rings (SSSR count). The number of ether oxygens (including phenoxy) is 1. The normalized spacial score (nSPS) is 10.4. The molecule has 1 atom stereocenters. The fourth-order valence-corrected chi connectivity index (χ4v) is 0.765. The Hall–Kier alpha value is -0.810. The average Bonchev–Trinajstić information content (AvgIpc) is 2.36. The van der Waals surface area contributed by atoms with Crippen LogP contribution in [0, 0.1) is 0 Å². The number of carbonyl (C=O) groups is 2. The molecule has 0 aromatic heterocycles. The predicted molar refractivity (Wildman–Crippen MR) is 106 cm³/mol. The molecule has 0 aromatic carbocycles. The largest absolute Gasteiger partial charge is 0.453 e. The van der Waals surface area contributed by atoms with Crippen molar-refractivity contribution in [3.05, 3.63) is 0 Å². The molecule has 0 fully saturated rings. The Bertz CT molecular complexity index is 355. The summed E-state index contributed by atoms with van der Waals surface area (Å²) in [5, 5.41) is 1.40. The van der Waals surface area contributed by atoms with Gasteiger partial charge in [-0.15, -0.1) is 0 Å². The second kappa shape index (κ2) is 20.2. The Kier molecular flexibility index (Phi) is 26.1. The van der Waals surface area contributed by atoms with Crippen LogP contribution in [-0.4, -0.2) is 98.1 Å². The lowest BCUT2D eigenvalue weighted by Gasteiger charge is -2.12. The summed E-state index contributed by atoms with van der Waals surface area (Å²) in [4.78, 5) is 21.0. The zero-order valence-electron chi connectivity index (χ0n) is 16.9. The number of hydrogen-bond acceptors (Lipinski definition) is 6. The summed E-state index contributed by atoms with van der Waals surface area (Å²) in [6, 6.07) is 0. The van der Waals surface area contributed by atoms with E-state index in [4.69, 9.17) is 4.28 Å². The summed E-state index contributed by atoms with van der Waals surface area (Å²) in [5.74, 6) is 3.83. The van der Waals surface area contributed by atoms with E-state index < -0.39 is 11.3 Å². The zero-order chi connectivity index (χ0) is 20.5. The minimum atomic E-state index is -1.34. The number of carbonyl (C=O) groups excluding carboxylic acids is 2. The van der Waals surface area contributed by atoms with E-state index >= 15 is 0 Å². The molecule has 0 aromatic rings. The van der Waals surface area contributed by atoms with E-state index in [1.165, 1.54) is 35.2 Å². The van der Waals surface area contributed by atoms with Crippen molar-refractivity contribution >= 4 is 39.5 Å². The highest BCUT2D eigenvalue weighted by molar-refractivity contribution is 8.12. The van der Waals surface area contributed by atoms with E-state index in [1.54, 1.807) is 42.3 Å². The van der Waals surface area contributed by atoms with Gasteiger partial charge in [0.15, 0.2) is 0 Å². The molecule has 148 valence electrons. The number of hydrogen-bond donors (Lipinski definition) is 0. The number of rotatable bonds is 3. The van der Waals surface area contributed by atoms with Crippen LogP contribution in [0.4, 0.5) is 4.79 Å². The first-order valence-corrected chi connectivity index (χ1v) is 9.97. The number of hydroxylamine groups is 2. The maximum absolute atomic E-state index is 10.7. The maximum Gasteiger partial charge on any atom is 0.408 e. The molecule has 0 saturated carbocycles. The summed E-state index contributed by atoms with van der Waals surface area (Å²) in [6.07, 6.45) is 3.85. The standard InChI is InChI=1S/C4H12N2O2S.C4H9NO2.C3H6O.C3H8S/c1-5(2)8-9(7)6(3)4;1-5(2)4(6)7-3;1-3(2)4;1-4(2)3/h1-4H3;1-3H3;1-2H3;1H2,2-3H3. The van der Waals surface area contributed by atoms with Gasteiger partial charge >= 0.3 is 6.09 Å². The van der Waals surface area contributed by atoms with Gasteiger partial charge in [0.05, 0.1) is 7.11 Å². The van der Waals surface area contributed by atoms with E-state index in [1.807, 2.05) is 0 Å². The molecule has 0 aliphatic carbocycles. The van der Waals surface area contributed by atoms with E-state index in [2.05, 4.69) is 23.1 Å². The molecule has 24 heavy (non-hydrogen) atoms. The minimum Gasteiger partial charge on any atom is -0.453 e. The Morgan fingerprint density at radius 3 is 1.29 bits per heavy atom. The maximum atomic E-state index is 10.7. The van der Waals surface area contributed by atoms with Gasteiger partial charge in [-0.05, 0) is 26.4 Å². The van der Waals surface area contributed by atoms with Crippen molar-refractivity contribution in [3.8, 4) is 0 Å². The Labute approximate surface area is 152 Å².